The van der Waals surface area contributed by atoms with Crippen molar-refractivity contribution in [2.24, 2.45) is 0 Å². The number of nitriles is 1. The van der Waals surface area contributed by atoms with Crippen LogP contribution < -0.4 is 4.90 Å². The first kappa shape index (κ1) is 19.8. The van der Waals surface area contributed by atoms with Gasteiger partial charge in [0.15, 0.2) is 0 Å². The molecular weight excluding hydrogens is 370 g/mol. The van der Waals surface area contributed by atoms with Gasteiger partial charge in [-0.2, -0.15) is 13.7 Å². The minimum absolute atomic E-state index is 0.750. The maximum Gasteiger partial charge on any atom is 0.335 e. The van der Waals surface area contributed by atoms with E-state index in [1.807, 2.05) is 0 Å². The lowest BCUT2D eigenvalue weighted by Gasteiger charge is -2.18. The topological polar surface area (TPSA) is 66.1 Å². The highest BCUT2D eigenvalue weighted by atomic mass is 32.1. The second-order valence-electron chi connectivity index (χ2n) is 6.84. The van der Waals surface area contributed by atoms with Crippen LogP contribution in [-0.4, -0.2) is 26.1 Å². The first-order chi connectivity index (χ1) is 13.6. The van der Waals surface area contributed by atoms with Crippen LogP contribution in [0.1, 0.15) is 30.5 Å². The molecule has 0 aliphatic carbocycles. The molecule has 1 aliphatic rings. The lowest BCUT2D eigenvalue weighted by molar-refractivity contribution is 0.630. The Morgan fingerprint density at radius 3 is 2.50 bits per heavy atom. The summed E-state index contributed by atoms with van der Waals surface area (Å²) in [7, 11) is 0. The number of hydrogen-bond acceptors (Lipinski definition) is 4. The van der Waals surface area contributed by atoms with Gasteiger partial charge < -0.3 is 9.47 Å². The Kier molecular flexibility index (Phi) is 5.96. The van der Waals surface area contributed by atoms with Crippen LogP contribution in [0.2, 0.25) is 0 Å². The Morgan fingerprint density at radius 2 is 1.86 bits per heavy atom. The van der Waals surface area contributed by atoms with Crippen molar-refractivity contribution in [2.45, 2.75) is 33.7 Å². The second kappa shape index (κ2) is 8.41. The third-order valence-electron chi connectivity index (χ3n) is 5.38. The molecule has 0 spiro atoms. The van der Waals surface area contributed by atoms with Gasteiger partial charge in [0.1, 0.15) is 6.07 Å². The maximum atomic E-state index is 9.87. The molecule has 144 valence electrons. The van der Waals surface area contributed by atoms with Gasteiger partial charge in [0.2, 0.25) is 0 Å². The van der Waals surface area contributed by atoms with E-state index in [0.717, 1.165) is 53.8 Å². The average molecular weight is 394 g/mol. The van der Waals surface area contributed by atoms with Gasteiger partial charge in [-0.1, -0.05) is 24.3 Å². The summed E-state index contributed by atoms with van der Waals surface area (Å²) >= 11 is -0.750. The fourth-order valence-electron chi connectivity index (χ4n) is 4.12. The summed E-state index contributed by atoms with van der Waals surface area (Å²) in [6, 6.07) is 15.5. The minimum Gasteiger partial charge on any atom is -0.371 e. The molecule has 0 saturated heterocycles. The van der Waals surface area contributed by atoms with Crippen LogP contribution in [0.3, 0.4) is 0 Å². The molecule has 4 rings (SSSR count). The number of aromatic nitrogens is 1. The highest BCUT2D eigenvalue weighted by molar-refractivity contribution is 7.51. The van der Waals surface area contributed by atoms with E-state index in [-0.39, 0.29) is 0 Å². The van der Waals surface area contributed by atoms with Crippen molar-refractivity contribution >= 4 is 28.2 Å². The molecule has 0 atom stereocenters. The zero-order valence-corrected chi connectivity index (χ0v) is 17.2. The SMILES string of the molecule is CCN1CCc2ccc(-c3c(C#N)c4ccc(C)cc4n3CC)cc21.O=S=O. The standard InChI is InChI=1S/C22H23N3.O2S/c1-4-24-11-10-16-7-8-17(13-20(16)24)22-19(14-23)18-9-6-15(3)12-21(18)25(22)5-2;1-3-2/h6-9,12-13H,4-5,10-11H2,1-3H3;. The fraction of sp³-hybridized carbons (Fsp3) is 0.318. The highest BCUT2D eigenvalue weighted by Gasteiger charge is 2.22. The van der Waals surface area contributed by atoms with E-state index < -0.39 is 11.6 Å². The van der Waals surface area contributed by atoms with Crippen LogP contribution in [0.15, 0.2) is 36.4 Å². The van der Waals surface area contributed by atoms with Crippen molar-refractivity contribution in [3.05, 3.63) is 53.1 Å². The monoisotopic (exact) mass is 393 g/mol. The van der Waals surface area contributed by atoms with E-state index in [2.05, 4.69) is 72.7 Å². The quantitative estimate of drug-likeness (QED) is 0.668. The molecule has 0 fully saturated rings. The van der Waals surface area contributed by atoms with E-state index in [1.54, 1.807) is 0 Å². The summed E-state index contributed by atoms with van der Waals surface area (Å²) in [5.41, 5.74) is 8.11. The molecule has 1 aliphatic heterocycles. The molecule has 2 heterocycles. The number of nitrogens with zero attached hydrogens (tertiary/aromatic N) is 3. The molecule has 1 aromatic heterocycles. The number of fused-ring (bicyclic) bond motifs is 2. The van der Waals surface area contributed by atoms with Gasteiger partial charge in [-0.25, -0.2) is 0 Å². The van der Waals surface area contributed by atoms with Gasteiger partial charge in [0, 0.05) is 36.3 Å². The summed E-state index contributed by atoms with van der Waals surface area (Å²) in [5, 5.41) is 10.9. The molecule has 2 aromatic carbocycles. The number of aryl methyl sites for hydroxylation is 2. The summed E-state index contributed by atoms with van der Waals surface area (Å²) in [6.45, 7) is 9.43. The Hall–Kier alpha value is -2.91. The molecule has 0 radical (unpaired) electrons. The van der Waals surface area contributed by atoms with Crippen molar-refractivity contribution in [2.75, 3.05) is 18.0 Å². The second-order valence-corrected chi connectivity index (χ2v) is 6.98. The molecule has 0 N–H and O–H groups in total. The van der Waals surface area contributed by atoms with Crippen LogP contribution >= 0.6 is 0 Å². The van der Waals surface area contributed by atoms with Crippen LogP contribution in [-0.2, 0) is 24.5 Å². The van der Waals surface area contributed by atoms with Crippen molar-refractivity contribution < 1.29 is 8.42 Å². The lowest BCUT2D eigenvalue weighted by Crippen LogP contribution is -2.19. The molecule has 0 amide bonds. The number of likely N-dealkylation sites (N-methyl/N-ethyl adjacent to an activating group) is 1. The average Bonchev–Trinajstić information content (AvgIpc) is 3.25. The molecule has 28 heavy (non-hydrogen) atoms. The molecule has 6 heteroatoms. The fourth-order valence-corrected chi connectivity index (χ4v) is 4.12. The number of hydrogen-bond donors (Lipinski definition) is 0. The largest absolute Gasteiger partial charge is 0.371 e. The van der Waals surface area contributed by atoms with Crippen LogP contribution in [0.4, 0.5) is 5.69 Å². The van der Waals surface area contributed by atoms with E-state index in [9.17, 15) is 5.26 Å². The third-order valence-corrected chi connectivity index (χ3v) is 5.38. The van der Waals surface area contributed by atoms with Crippen LogP contribution in [0.25, 0.3) is 22.2 Å². The van der Waals surface area contributed by atoms with Crippen LogP contribution in [0.5, 0.6) is 0 Å². The minimum atomic E-state index is -0.750. The van der Waals surface area contributed by atoms with Gasteiger partial charge in [0.25, 0.3) is 0 Å². The van der Waals surface area contributed by atoms with Gasteiger partial charge in [-0.15, -0.1) is 0 Å². The normalized spacial score (nSPS) is 12.3. The van der Waals surface area contributed by atoms with Gasteiger partial charge in [-0.3, -0.25) is 0 Å². The van der Waals surface area contributed by atoms with Crippen molar-refractivity contribution in [1.82, 2.24) is 4.57 Å². The molecule has 0 saturated carbocycles. The van der Waals surface area contributed by atoms with Gasteiger partial charge >= 0.3 is 11.6 Å². The van der Waals surface area contributed by atoms with E-state index in [1.165, 1.54) is 16.8 Å². The predicted octanol–water partition coefficient (Wildman–Crippen LogP) is 4.22. The smallest absolute Gasteiger partial charge is 0.335 e. The highest BCUT2D eigenvalue weighted by Crippen LogP contribution is 2.38. The Balaban J connectivity index is 0.000000706. The van der Waals surface area contributed by atoms with Crippen LogP contribution in [0, 0.1) is 18.3 Å². The molecular formula is C22H23N3O2S. The summed E-state index contributed by atoms with van der Waals surface area (Å²) in [4.78, 5) is 2.42. The number of rotatable bonds is 3. The molecule has 5 nitrogen and oxygen atoms in total. The van der Waals surface area contributed by atoms with Gasteiger partial charge in [-0.05, 0) is 50.5 Å². The maximum absolute atomic E-state index is 9.87. The van der Waals surface area contributed by atoms with E-state index in [0.29, 0.717) is 0 Å². The predicted molar refractivity (Wildman–Crippen MR) is 113 cm³/mol. The van der Waals surface area contributed by atoms with E-state index >= 15 is 0 Å². The van der Waals surface area contributed by atoms with Gasteiger partial charge in [0.05, 0.1) is 16.8 Å². The number of anilines is 1. The lowest BCUT2D eigenvalue weighted by atomic mass is 10.0. The first-order valence-electron chi connectivity index (χ1n) is 9.42. The zero-order chi connectivity index (χ0) is 20.3. The Bertz CT molecular complexity index is 1110. The first-order valence-corrected chi connectivity index (χ1v) is 10.1. The van der Waals surface area contributed by atoms with Crippen molar-refractivity contribution in [3.63, 3.8) is 0 Å². The molecule has 3 aromatic rings. The van der Waals surface area contributed by atoms with Crippen molar-refractivity contribution in [1.29, 1.82) is 5.26 Å². The van der Waals surface area contributed by atoms with Crippen molar-refractivity contribution in [3.8, 4) is 17.3 Å². The summed E-state index contributed by atoms with van der Waals surface area (Å²) in [6.07, 6.45) is 1.12. The Morgan fingerprint density at radius 1 is 1.11 bits per heavy atom. The molecule has 0 bridgehead atoms. The third kappa shape index (κ3) is 3.34. The zero-order valence-electron chi connectivity index (χ0n) is 16.4. The summed E-state index contributed by atoms with van der Waals surface area (Å²) < 4.78 is 18.9. The Labute approximate surface area is 168 Å². The van der Waals surface area contributed by atoms with E-state index in [4.69, 9.17) is 8.42 Å². The number of benzene rings is 2. The molecule has 0 unspecified atom stereocenters. The summed E-state index contributed by atoms with van der Waals surface area (Å²) in [5.74, 6) is 0.